The van der Waals surface area contributed by atoms with Crippen LogP contribution in [0, 0.1) is 19.8 Å². The number of carbonyl (C=O) groups is 2. The van der Waals surface area contributed by atoms with Crippen molar-refractivity contribution in [1.29, 1.82) is 0 Å². The van der Waals surface area contributed by atoms with Crippen molar-refractivity contribution in [3.05, 3.63) is 41.7 Å². The number of aliphatic carboxylic acids is 1. The van der Waals surface area contributed by atoms with Crippen LogP contribution in [-0.4, -0.2) is 35.1 Å². The Balaban J connectivity index is 1.70. The first-order valence-electron chi connectivity index (χ1n) is 8.40. The van der Waals surface area contributed by atoms with Gasteiger partial charge in [0.05, 0.1) is 5.92 Å². The number of anilines is 1. The molecule has 2 N–H and O–H groups in total. The summed E-state index contributed by atoms with van der Waals surface area (Å²) in [6, 6.07) is 9.42. The standard InChI is InChI=1S/C19H22N2O4/c1-12-3-5-15(17-6-4-13(2)25-17)11-16(12)20-19(24)21-9-7-14(8-10-21)18(22)23/h3-6,11,14H,7-10H2,1-2H3,(H,20,24)(H,22,23). The van der Waals surface area contributed by atoms with Crippen molar-refractivity contribution in [2.24, 2.45) is 5.92 Å². The second kappa shape index (κ2) is 7.01. The van der Waals surface area contributed by atoms with Crippen LogP contribution < -0.4 is 5.32 Å². The zero-order valence-corrected chi connectivity index (χ0v) is 14.4. The number of nitrogens with zero attached hydrogens (tertiary/aromatic N) is 1. The molecule has 2 aromatic rings. The number of nitrogens with one attached hydrogen (secondary N) is 1. The Morgan fingerprint density at radius 3 is 2.48 bits per heavy atom. The van der Waals surface area contributed by atoms with E-state index < -0.39 is 5.97 Å². The molecule has 0 spiro atoms. The fraction of sp³-hybridized carbons (Fsp3) is 0.368. The van der Waals surface area contributed by atoms with Gasteiger partial charge in [-0.3, -0.25) is 4.79 Å². The summed E-state index contributed by atoms with van der Waals surface area (Å²) in [5.74, 6) is 0.464. The maximum atomic E-state index is 12.5. The van der Waals surface area contributed by atoms with E-state index in [0.717, 1.165) is 28.3 Å². The average molecular weight is 342 g/mol. The van der Waals surface area contributed by atoms with E-state index in [9.17, 15) is 9.59 Å². The van der Waals surface area contributed by atoms with E-state index in [2.05, 4.69) is 5.32 Å². The van der Waals surface area contributed by atoms with Crippen LogP contribution in [0.25, 0.3) is 11.3 Å². The number of benzene rings is 1. The number of piperidine rings is 1. The number of rotatable bonds is 3. The van der Waals surface area contributed by atoms with Gasteiger partial charge in [-0.05, 0) is 50.5 Å². The van der Waals surface area contributed by atoms with Crippen molar-refractivity contribution in [3.8, 4) is 11.3 Å². The van der Waals surface area contributed by atoms with Gasteiger partial charge in [0, 0.05) is 24.3 Å². The fourth-order valence-corrected chi connectivity index (χ4v) is 3.02. The third-order valence-electron chi connectivity index (χ3n) is 4.64. The highest BCUT2D eigenvalue weighted by molar-refractivity contribution is 5.91. The number of hydrogen-bond donors (Lipinski definition) is 2. The molecule has 6 heteroatoms. The molecule has 1 aromatic heterocycles. The van der Waals surface area contributed by atoms with Crippen molar-refractivity contribution < 1.29 is 19.1 Å². The molecule has 3 rings (SSSR count). The molecule has 0 atom stereocenters. The van der Waals surface area contributed by atoms with Gasteiger partial charge in [-0.15, -0.1) is 0 Å². The van der Waals surface area contributed by atoms with Crippen molar-refractivity contribution in [2.45, 2.75) is 26.7 Å². The molecule has 0 aliphatic carbocycles. The first kappa shape index (κ1) is 17.1. The molecule has 1 aliphatic rings. The van der Waals surface area contributed by atoms with E-state index in [-0.39, 0.29) is 11.9 Å². The topological polar surface area (TPSA) is 82.8 Å². The van der Waals surface area contributed by atoms with E-state index in [0.29, 0.717) is 25.9 Å². The fourth-order valence-electron chi connectivity index (χ4n) is 3.02. The highest BCUT2D eigenvalue weighted by Gasteiger charge is 2.27. The minimum absolute atomic E-state index is 0.195. The number of carboxylic acids is 1. The molecule has 2 amide bonds. The minimum atomic E-state index is -0.780. The first-order valence-corrected chi connectivity index (χ1v) is 8.40. The monoisotopic (exact) mass is 342 g/mol. The second-order valence-corrected chi connectivity index (χ2v) is 6.47. The third-order valence-corrected chi connectivity index (χ3v) is 4.64. The van der Waals surface area contributed by atoms with Crippen molar-refractivity contribution in [3.63, 3.8) is 0 Å². The lowest BCUT2D eigenvalue weighted by atomic mass is 9.97. The van der Waals surface area contributed by atoms with Crippen LogP contribution in [0.3, 0.4) is 0 Å². The molecule has 1 saturated heterocycles. The molecular weight excluding hydrogens is 320 g/mol. The summed E-state index contributed by atoms with van der Waals surface area (Å²) >= 11 is 0. The summed E-state index contributed by atoms with van der Waals surface area (Å²) < 4.78 is 5.64. The van der Waals surface area contributed by atoms with Gasteiger partial charge in [-0.25, -0.2) is 4.79 Å². The van der Waals surface area contributed by atoms with Crippen molar-refractivity contribution in [1.82, 2.24) is 4.90 Å². The van der Waals surface area contributed by atoms with E-state index >= 15 is 0 Å². The van der Waals surface area contributed by atoms with Gasteiger partial charge in [-0.2, -0.15) is 0 Å². The van der Waals surface area contributed by atoms with Crippen molar-refractivity contribution in [2.75, 3.05) is 18.4 Å². The molecule has 0 radical (unpaired) electrons. The Morgan fingerprint density at radius 2 is 1.88 bits per heavy atom. The Morgan fingerprint density at radius 1 is 1.16 bits per heavy atom. The lowest BCUT2D eigenvalue weighted by molar-refractivity contribution is -0.143. The lowest BCUT2D eigenvalue weighted by Gasteiger charge is -2.30. The molecule has 1 fully saturated rings. The molecule has 2 heterocycles. The van der Waals surface area contributed by atoms with Gasteiger partial charge in [-0.1, -0.05) is 12.1 Å². The number of carboxylic acid groups (broad SMARTS) is 1. The first-order chi connectivity index (χ1) is 11.9. The summed E-state index contributed by atoms with van der Waals surface area (Å²) in [6.45, 7) is 4.74. The molecule has 1 aromatic carbocycles. The number of aryl methyl sites for hydroxylation is 2. The van der Waals surface area contributed by atoms with Crippen LogP contribution >= 0.6 is 0 Å². The quantitative estimate of drug-likeness (QED) is 0.886. The van der Waals surface area contributed by atoms with Crippen LogP contribution in [0.1, 0.15) is 24.2 Å². The van der Waals surface area contributed by atoms with Gasteiger partial charge in [0.2, 0.25) is 0 Å². The lowest BCUT2D eigenvalue weighted by Crippen LogP contribution is -2.42. The van der Waals surface area contributed by atoms with Crippen LogP contribution in [0.5, 0.6) is 0 Å². The SMILES string of the molecule is Cc1ccc(-c2ccc(C)c(NC(=O)N3CCC(C(=O)O)CC3)c2)o1. The number of urea groups is 1. The number of hydrogen-bond acceptors (Lipinski definition) is 3. The summed E-state index contributed by atoms with van der Waals surface area (Å²) in [7, 11) is 0. The molecule has 0 saturated carbocycles. The maximum absolute atomic E-state index is 12.5. The number of amides is 2. The van der Waals surface area contributed by atoms with Crippen LogP contribution in [0.2, 0.25) is 0 Å². The van der Waals surface area contributed by atoms with Gasteiger partial charge in [0.25, 0.3) is 0 Å². The molecule has 0 bridgehead atoms. The summed E-state index contributed by atoms with van der Waals surface area (Å²) in [6.07, 6.45) is 0.987. The second-order valence-electron chi connectivity index (χ2n) is 6.47. The third kappa shape index (κ3) is 3.84. The Labute approximate surface area is 146 Å². The van der Waals surface area contributed by atoms with E-state index in [1.807, 2.05) is 44.2 Å². The normalized spacial score (nSPS) is 15.2. The largest absolute Gasteiger partial charge is 0.481 e. The zero-order chi connectivity index (χ0) is 18.0. The van der Waals surface area contributed by atoms with Crippen LogP contribution in [0.4, 0.5) is 10.5 Å². The van der Waals surface area contributed by atoms with Gasteiger partial charge >= 0.3 is 12.0 Å². The molecule has 132 valence electrons. The predicted molar refractivity (Wildman–Crippen MR) is 94.6 cm³/mol. The molecule has 1 aliphatic heterocycles. The van der Waals surface area contributed by atoms with Crippen LogP contribution in [-0.2, 0) is 4.79 Å². The maximum Gasteiger partial charge on any atom is 0.321 e. The molecular formula is C19H22N2O4. The Kier molecular flexibility index (Phi) is 4.79. The van der Waals surface area contributed by atoms with Crippen LogP contribution in [0.15, 0.2) is 34.7 Å². The Bertz CT molecular complexity index is 788. The van der Waals surface area contributed by atoms with Gasteiger partial charge < -0.3 is 19.7 Å². The average Bonchev–Trinajstić information content (AvgIpc) is 3.03. The van der Waals surface area contributed by atoms with E-state index in [4.69, 9.17) is 9.52 Å². The van der Waals surface area contributed by atoms with Crippen molar-refractivity contribution >= 4 is 17.7 Å². The zero-order valence-electron chi connectivity index (χ0n) is 14.4. The van der Waals surface area contributed by atoms with Gasteiger partial charge in [0.1, 0.15) is 11.5 Å². The van der Waals surface area contributed by atoms with E-state index in [1.54, 1.807) is 4.90 Å². The summed E-state index contributed by atoms with van der Waals surface area (Å²) in [4.78, 5) is 25.2. The summed E-state index contributed by atoms with van der Waals surface area (Å²) in [5, 5.41) is 12.0. The smallest absolute Gasteiger partial charge is 0.321 e. The van der Waals surface area contributed by atoms with Gasteiger partial charge in [0.15, 0.2) is 0 Å². The molecule has 0 unspecified atom stereocenters. The highest BCUT2D eigenvalue weighted by Crippen LogP contribution is 2.27. The number of likely N-dealkylation sites (tertiary alicyclic amines) is 1. The minimum Gasteiger partial charge on any atom is -0.481 e. The summed E-state index contributed by atoms with van der Waals surface area (Å²) in [5.41, 5.74) is 2.59. The molecule has 6 nitrogen and oxygen atoms in total. The van der Waals surface area contributed by atoms with E-state index in [1.165, 1.54) is 0 Å². The number of carbonyl (C=O) groups excluding carboxylic acids is 1. The number of furan rings is 1. The highest BCUT2D eigenvalue weighted by atomic mass is 16.4. The Hall–Kier alpha value is -2.76. The predicted octanol–water partition coefficient (Wildman–Crippen LogP) is 3.89. The molecule has 25 heavy (non-hydrogen) atoms.